The molecule has 0 atom stereocenters. The van der Waals surface area contributed by atoms with Crippen LogP contribution in [-0.2, 0) is 6.42 Å². The summed E-state index contributed by atoms with van der Waals surface area (Å²) in [5, 5.41) is 6.62. The summed E-state index contributed by atoms with van der Waals surface area (Å²) in [4.78, 5) is 1.37. The van der Waals surface area contributed by atoms with Crippen LogP contribution in [0.4, 0.5) is 0 Å². The molecule has 0 saturated carbocycles. The van der Waals surface area contributed by atoms with Gasteiger partial charge >= 0.3 is 0 Å². The van der Waals surface area contributed by atoms with Crippen molar-refractivity contribution in [3.8, 4) is 0 Å². The van der Waals surface area contributed by atoms with Crippen LogP contribution in [0.2, 0.25) is 0 Å². The van der Waals surface area contributed by atoms with Gasteiger partial charge < -0.3 is 10.6 Å². The van der Waals surface area contributed by atoms with E-state index in [0.717, 1.165) is 31.8 Å². The molecule has 0 aliphatic heterocycles. The topological polar surface area (TPSA) is 24.1 Å². The molecule has 0 fully saturated rings. The third-order valence-electron chi connectivity index (χ3n) is 2.61. The normalized spacial score (nSPS) is 10.7. The third-order valence-corrected chi connectivity index (χ3v) is 3.50. The summed E-state index contributed by atoms with van der Waals surface area (Å²) in [6, 6.07) is 8.94. The zero-order chi connectivity index (χ0) is 12.3. The van der Waals surface area contributed by atoms with Crippen molar-refractivity contribution in [1.29, 1.82) is 0 Å². The number of hydrogen-bond donors (Lipinski definition) is 2. The molecular weight excluding hydrogens is 228 g/mol. The second-order valence-corrected chi connectivity index (χ2v) is 5.37. The fourth-order valence-electron chi connectivity index (χ4n) is 1.67. The Morgan fingerprint density at radius 1 is 1.06 bits per heavy atom. The Balaban J connectivity index is 2.14. The largest absolute Gasteiger partial charge is 0.320 e. The van der Waals surface area contributed by atoms with Crippen LogP contribution in [0.15, 0.2) is 29.2 Å². The molecule has 0 bridgehead atoms. The van der Waals surface area contributed by atoms with Gasteiger partial charge in [-0.15, -0.1) is 11.8 Å². The SMILES string of the molecule is CCSc1ccc(CCNCCCNC)cc1. The van der Waals surface area contributed by atoms with Gasteiger partial charge in [-0.3, -0.25) is 0 Å². The smallest absolute Gasteiger partial charge is 0.00720 e. The Morgan fingerprint density at radius 3 is 2.47 bits per heavy atom. The van der Waals surface area contributed by atoms with Gasteiger partial charge in [-0.2, -0.15) is 0 Å². The third kappa shape index (κ3) is 6.71. The molecule has 3 heteroatoms. The van der Waals surface area contributed by atoms with Gasteiger partial charge in [-0.05, 0) is 63.0 Å². The molecule has 17 heavy (non-hydrogen) atoms. The first kappa shape index (κ1) is 14.6. The molecular formula is C14H24N2S. The summed E-state index contributed by atoms with van der Waals surface area (Å²) >= 11 is 1.90. The monoisotopic (exact) mass is 252 g/mol. The second kappa shape index (κ2) is 9.51. The maximum Gasteiger partial charge on any atom is 0.00720 e. The lowest BCUT2D eigenvalue weighted by atomic mass is 10.1. The highest BCUT2D eigenvalue weighted by Crippen LogP contribution is 2.17. The molecule has 0 aliphatic rings. The van der Waals surface area contributed by atoms with Crippen molar-refractivity contribution in [1.82, 2.24) is 10.6 Å². The summed E-state index contributed by atoms with van der Waals surface area (Å²) in [6.45, 7) is 5.46. The summed E-state index contributed by atoms with van der Waals surface area (Å²) in [5.41, 5.74) is 1.42. The van der Waals surface area contributed by atoms with Gasteiger partial charge in [0.15, 0.2) is 0 Å². The quantitative estimate of drug-likeness (QED) is 0.522. The van der Waals surface area contributed by atoms with E-state index in [-0.39, 0.29) is 0 Å². The van der Waals surface area contributed by atoms with Crippen LogP contribution in [0.3, 0.4) is 0 Å². The van der Waals surface area contributed by atoms with Gasteiger partial charge in [0.2, 0.25) is 0 Å². The van der Waals surface area contributed by atoms with E-state index in [1.807, 2.05) is 18.8 Å². The van der Waals surface area contributed by atoms with Crippen molar-refractivity contribution in [2.75, 3.05) is 32.4 Å². The van der Waals surface area contributed by atoms with Gasteiger partial charge in [-0.25, -0.2) is 0 Å². The van der Waals surface area contributed by atoms with Gasteiger partial charge in [-0.1, -0.05) is 19.1 Å². The standard InChI is InChI=1S/C14H24N2S/c1-3-17-14-7-5-13(6-8-14)9-12-16-11-4-10-15-2/h5-8,15-16H,3-4,9-12H2,1-2H3. The highest BCUT2D eigenvalue weighted by atomic mass is 32.2. The molecule has 1 rings (SSSR count). The molecule has 0 heterocycles. The van der Waals surface area contributed by atoms with Gasteiger partial charge in [0.1, 0.15) is 0 Å². The Hall–Kier alpha value is -0.510. The second-order valence-electron chi connectivity index (χ2n) is 4.03. The van der Waals surface area contributed by atoms with E-state index in [1.54, 1.807) is 0 Å². The number of thioether (sulfide) groups is 1. The first-order chi connectivity index (χ1) is 8.36. The van der Waals surface area contributed by atoms with Crippen LogP contribution >= 0.6 is 11.8 Å². The minimum Gasteiger partial charge on any atom is -0.320 e. The van der Waals surface area contributed by atoms with E-state index in [1.165, 1.54) is 16.9 Å². The van der Waals surface area contributed by atoms with E-state index < -0.39 is 0 Å². The van der Waals surface area contributed by atoms with Crippen LogP contribution in [0.5, 0.6) is 0 Å². The predicted molar refractivity (Wildman–Crippen MR) is 78.0 cm³/mol. The Bertz CT molecular complexity index is 285. The maximum absolute atomic E-state index is 3.46. The molecule has 2 nitrogen and oxygen atoms in total. The fraction of sp³-hybridized carbons (Fsp3) is 0.571. The number of hydrogen-bond acceptors (Lipinski definition) is 3. The van der Waals surface area contributed by atoms with Crippen molar-refractivity contribution in [2.24, 2.45) is 0 Å². The highest BCUT2D eigenvalue weighted by Gasteiger charge is 1.95. The molecule has 0 aliphatic carbocycles. The predicted octanol–water partition coefficient (Wildman–Crippen LogP) is 2.54. The van der Waals surface area contributed by atoms with Crippen molar-refractivity contribution >= 4 is 11.8 Å². The van der Waals surface area contributed by atoms with Crippen LogP contribution in [0.25, 0.3) is 0 Å². The van der Waals surface area contributed by atoms with Crippen molar-refractivity contribution in [3.05, 3.63) is 29.8 Å². The first-order valence-electron chi connectivity index (χ1n) is 6.44. The van der Waals surface area contributed by atoms with Crippen LogP contribution < -0.4 is 10.6 Å². The average Bonchev–Trinajstić information content (AvgIpc) is 2.36. The zero-order valence-electron chi connectivity index (χ0n) is 11.0. The van der Waals surface area contributed by atoms with Crippen molar-refractivity contribution < 1.29 is 0 Å². The molecule has 1 aromatic carbocycles. The minimum absolute atomic E-state index is 1.07. The number of rotatable bonds is 9. The van der Waals surface area contributed by atoms with Crippen LogP contribution in [-0.4, -0.2) is 32.4 Å². The van der Waals surface area contributed by atoms with Crippen LogP contribution in [0.1, 0.15) is 18.9 Å². The van der Waals surface area contributed by atoms with Crippen LogP contribution in [0, 0.1) is 0 Å². The van der Waals surface area contributed by atoms with Gasteiger partial charge in [0, 0.05) is 4.90 Å². The molecule has 0 unspecified atom stereocenters. The minimum atomic E-state index is 1.07. The molecule has 0 aromatic heterocycles. The van der Waals surface area contributed by atoms with E-state index in [0.29, 0.717) is 0 Å². The first-order valence-corrected chi connectivity index (χ1v) is 7.42. The summed E-state index contributed by atoms with van der Waals surface area (Å²) < 4.78 is 0. The van der Waals surface area contributed by atoms with Gasteiger partial charge in [0.05, 0.1) is 0 Å². The maximum atomic E-state index is 3.46. The zero-order valence-corrected chi connectivity index (χ0v) is 11.8. The van der Waals surface area contributed by atoms with E-state index in [2.05, 4.69) is 41.8 Å². The van der Waals surface area contributed by atoms with Crippen molar-refractivity contribution in [3.63, 3.8) is 0 Å². The molecule has 0 spiro atoms. The van der Waals surface area contributed by atoms with Crippen molar-refractivity contribution in [2.45, 2.75) is 24.7 Å². The fourth-order valence-corrected chi connectivity index (χ4v) is 2.33. The Labute approximate surface area is 110 Å². The summed E-state index contributed by atoms with van der Waals surface area (Å²) in [5.74, 6) is 1.15. The lowest BCUT2D eigenvalue weighted by molar-refractivity contribution is 0.625. The summed E-state index contributed by atoms with van der Waals surface area (Å²) in [7, 11) is 2.00. The lowest BCUT2D eigenvalue weighted by Crippen LogP contribution is -2.21. The van der Waals surface area contributed by atoms with Gasteiger partial charge in [0.25, 0.3) is 0 Å². The number of nitrogens with one attached hydrogen (secondary N) is 2. The van der Waals surface area contributed by atoms with E-state index in [9.17, 15) is 0 Å². The molecule has 0 saturated heterocycles. The van der Waals surface area contributed by atoms with E-state index in [4.69, 9.17) is 0 Å². The highest BCUT2D eigenvalue weighted by molar-refractivity contribution is 7.99. The summed E-state index contributed by atoms with van der Waals surface area (Å²) in [6.07, 6.45) is 2.32. The molecule has 0 radical (unpaired) electrons. The van der Waals surface area contributed by atoms with E-state index >= 15 is 0 Å². The molecule has 0 amide bonds. The lowest BCUT2D eigenvalue weighted by Gasteiger charge is -2.05. The molecule has 96 valence electrons. The average molecular weight is 252 g/mol. The number of benzene rings is 1. The molecule has 1 aromatic rings. The Kier molecular flexibility index (Phi) is 8.14. The Morgan fingerprint density at radius 2 is 1.82 bits per heavy atom. The molecule has 2 N–H and O–H groups in total.